The molecule has 2 rings (SSSR count). The molecule has 1 aliphatic rings. The minimum absolute atomic E-state index is 0.0907. The first-order valence-electron chi connectivity index (χ1n) is 10.1. The van der Waals surface area contributed by atoms with Gasteiger partial charge in [0.25, 0.3) is 0 Å². The van der Waals surface area contributed by atoms with Gasteiger partial charge < -0.3 is 25.6 Å². The Morgan fingerprint density at radius 3 is 2.50 bits per heavy atom. The molecule has 9 heteroatoms. The Morgan fingerprint density at radius 1 is 1.17 bits per heavy atom. The lowest BCUT2D eigenvalue weighted by Gasteiger charge is -2.25. The number of benzene rings is 1. The van der Waals surface area contributed by atoms with E-state index in [1.807, 2.05) is 30.3 Å². The van der Waals surface area contributed by atoms with Crippen molar-refractivity contribution in [3.05, 3.63) is 35.9 Å². The lowest BCUT2D eigenvalue weighted by Crippen LogP contribution is -2.53. The third-order valence-corrected chi connectivity index (χ3v) is 4.97. The van der Waals surface area contributed by atoms with Crippen LogP contribution in [0.5, 0.6) is 0 Å². The zero-order valence-electron chi connectivity index (χ0n) is 17.6. The maximum absolute atomic E-state index is 12.6. The van der Waals surface area contributed by atoms with Crippen molar-refractivity contribution in [3.8, 4) is 0 Å². The van der Waals surface area contributed by atoms with Gasteiger partial charge >= 0.3 is 6.09 Å². The monoisotopic (exact) mass is 418 g/mol. The fraction of sp³-hybridized carbons (Fsp3) is 0.524. The minimum Gasteiger partial charge on any atom is -0.445 e. The molecule has 1 fully saturated rings. The molecule has 9 nitrogen and oxygen atoms in total. The van der Waals surface area contributed by atoms with Crippen LogP contribution in [0.4, 0.5) is 4.79 Å². The quantitative estimate of drug-likeness (QED) is 0.577. The predicted molar refractivity (Wildman–Crippen MR) is 110 cm³/mol. The summed E-state index contributed by atoms with van der Waals surface area (Å²) in [4.78, 5) is 50.5. The molecular formula is C21H30N4O5. The van der Waals surface area contributed by atoms with Gasteiger partial charge in [0, 0.05) is 13.6 Å². The molecule has 2 atom stereocenters. The number of carbonyl (C=O) groups excluding carboxylic acids is 4. The van der Waals surface area contributed by atoms with Crippen molar-refractivity contribution in [2.75, 3.05) is 20.1 Å². The first-order valence-corrected chi connectivity index (χ1v) is 10.1. The highest BCUT2D eigenvalue weighted by atomic mass is 16.5. The number of hydrogen-bond donors (Lipinski definition) is 3. The van der Waals surface area contributed by atoms with E-state index < -0.39 is 24.1 Å². The molecule has 0 aromatic heterocycles. The number of carbonyl (C=O) groups is 4. The third kappa shape index (κ3) is 6.47. The van der Waals surface area contributed by atoms with Gasteiger partial charge in [0.1, 0.15) is 18.7 Å². The van der Waals surface area contributed by atoms with E-state index in [9.17, 15) is 19.2 Å². The summed E-state index contributed by atoms with van der Waals surface area (Å²) in [6.07, 6.45) is 0.627. The number of alkyl carbamates (subject to hydrolysis) is 1. The van der Waals surface area contributed by atoms with Gasteiger partial charge in [-0.15, -0.1) is 0 Å². The van der Waals surface area contributed by atoms with E-state index in [4.69, 9.17) is 4.74 Å². The van der Waals surface area contributed by atoms with Crippen molar-refractivity contribution in [2.45, 2.75) is 45.4 Å². The van der Waals surface area contributed by atoms with Crippen LogP contribution in [-0.2, 0) is 25.7 Å². The van der Waals surface area contributed by atoms with E-state index >= 15 is 0 Å². The van der Waals surface area contributed by atoms with Gasteiger partial charge in [0.2, 0.25) is 17.7 Å². The predicted octanol–water partition coefficient (Wildman–Crippen LogP) is 0.791. The molecule has 0 saturated carbocycles. The molecule has 164 valence electrons. The normalized spacial score (nSPS) is 16.7. The highest BCUT2D eigenvalue weighted by Gasteiger charge is 2.34. The fourth-order valence-electron chi connectivity index (χ4n) is 3.31. The van der Waals surface area contributed by atoms with Gasteiger partial charge in [-0.1, -0.05) is 44.2 Å². The largest absolute Gasteiger partial charge is 0.445 e. The third-order valence-electron chi connectivity index (χ3n) is 4.97. The van der Waals surface area contributed by atoms with Gasteiger partial charge in [0.15, 0.2) is 0 Å². The summed E-state index contributed by atoms with van der Waals surface area (Å²) in [6, 6.07) is 7.84. The van der Waals surface area contributed by atoms with Crippen LogP contribution >= 0.6 is 0 Å². The van der Waals surface area contributed by atoms with Crippen LogP contribution in [0.2, 0.25) is 0 Å². The van der Waals surface area contributed by atoms with E-state index in [-0.39, 0.29) is 30.9 Å². The highest BCUT2D eigenvalue weighted by Crippen LogP contribution is 2.17. The molecule has 1 aromatic carbocycles. The van der Waals surface area contributed by atoms with E-state index in [2.05, 4.69) is 16.0 Å². The number of nitrogens with one attached hydrogen (secondary N) is 3. The van der Waals surface area contributed by atoms with Gasteiger partial charge in [-0.25, -0.2) is 4.79 Å². The van der Waals surface area contributed by atoms with Crippen LogP contribution in [0.1, 0.15) is 32.3 Å². The Bertz CT molecular complexity index is 753. The maximum Gasteiger partial charge on any atom is 0.408 e. The summed E-state index contributed by atoms with van der Waals surface area (Å²) in [6.45, 7) is 3.89. The van der Waals surface area contributed by atoms with Gasteiger partial charge in [0.05, 0.1) is 6.54 Å². The van der Waals surface area contributed by atoms with Crippen LogP contribution in [-0.4, -0.2) is 60.9 Å². The Morgan fingerprint density at radius 2 is 1.87 bits per heavy atom. The van der Waals surface area contributed by atoms with Crippen molar-refractivity contribution in [1.82, 2.24) is 20.9 Å². The van der Waals surface area contributed by atoms with Crippen molar-refractivity contribution in [3.63, 3.8) is 0 Å². The standard InChI is InChI=1S/C21H30N4O5/c1-14(2)18(24-21(29)30-13-15-8-5-4-6-9-15)20(28)23-12-17(26)25-11-7-10-16(25)19(27)22-3/h4-6,8-9,14,16,18H,7,10-13H2,1-3H3,(H,22,27)(H,23,28)(H,24,29)/t16?,18-/m0/s1. The smallest absolute Gasteiger partial charge is 0.408 e. The van der Waals surface area contributed by atoms with Crippen LogP contribution < -0.4 is 16.0 Å². The molecule has 1 heterocycles. The lowest BCUT2D eigenvalue weighted by molar-refractivity contribution is -0.138. The van der Waals surface area contributed by atoms with E-state index in [0.29, 0.717) is 13.0 Å². The Kier molecular flexibility index (Phi) is 8.64. The van der Waals surface area contributed by atoms with Crippen LogP contribution in [0.3, 0.4) is 0 Å². The molecular weight excluding hydrogens is 388 g/mol. The molecule has 3 N–H and O–H groups in total. The summed E-state index contributed by atoms with van der Waals surface area (Å²) in [5.41, 5.74) is 0.833. The Hall–Kier alpha value is -3.10. The topological polar surface area (TPSA) is 117 Å². The van der Waals surface area contributed by atoms with Crippen LogP contribution in [0.25, 0.3) is 0 Å². The number of hydrogen-bond acceptors (Lipinski definition) is 5. The van der Waals surface area contributed by atoms with Crippen molar-refractivity contribution in [2.24, 2.45) is 5.92 Å². The molecule has 30 heavy (non-hydrogen) atoms. The Balaban J connectivity index is 1.85. The second kappa shape index (κ2) is 11.2. The van der Waals surface area contributed by atoms with Gasteiger partial charge in [-0.05, 0) is 24.3 Å². The molecule has 1 aliphatic heterocycles. The zero-order valence-corrected chi connectivity index (χ0v) is 17.6. The van der Waals surface area contributed by atoms with Crippen LogP contribution in [0.15, 0.2) is 30.3 Å². The molecule has 0 aliphatic carbocycles. The summed E-state index contributed by atoms with van der Waals surface area (Å²) in [7, 11) is 1.53. The first kappa shape index (κ1) is 23.2. The summed E-state index contributed by atoms with van der Waals surface area (Å²) in [5, 5.41) is 7.67. The molecule has 4 amide bonds. The number of nitrogens with zero attached hydrogens (tertiary/aromatic N) is 1. The van der Waals surface area contributed by atoms with Crippen LogP contribution in [0, 0.1) is 5.92 Å². The SMILES string of the molecule is CNC(=O)C1CCCN1C(=O)CNC(=O)[C@@H](NC(=O)OCc1ccccc1)C(C)C. The van der Waals surface area contributed by atoms with Gasteiger partial charge in [-0.3, -0.25) is 14.4 Å². The molecule has 0 bridgehead atoms. The Labute approximate surface area is 176 Å². The molecule has 1 saturated heterocycles. The minimum atomic E-state index is -0.852. The van der Waals surface area contributed by atoms with E-state index in [1.165, 1.54) is 11.9 Å². The second-order valence-corrected chi connectivity index (χ2v) is 7.50. The number of ether oxygens (including phenoxy) is 1. The summed E-state index contributed by atoms with van der Waals surface area (Å²) >= 11 is 0. The van der Waals surface area contributed by atoms with Crippen molar-refractivity contribution < 1.29 is 23.9 Å². The number of amides is 4. The average Bonchev–Trinajstić information content (AvgIpc) is 3.24. The zero-order chi connectivity index (χ0) is 22.1. The number of likely N-dealkylation sites (N-methyl/N-ethyl adjacent to an activating group) is 1. The second-order valence-electron chi connectivity index (χ2n) is 7.50. The highest BCUT2D eigenvalue weighted by molar-refractivity contribution is 5.92. The summed E-state index contributed by atoms with van der Waals surface area (Å²) in [5.74, 6) is -1.24. The number of rotatable bonds is 8. The van der Waals surface area contributed by atoms with Gasteiger partial charge in [-0.2, -0.15) is 0 Å². The molecule has 0 radical (unpaired) electrons. The summed E-state index contributed by atoms with van der Waals surface area (Å²) < 4.78 is 5.17. The van der Waals surface area contributed by atoms with Crippen molar-refractivity contribution in [1.29, 1.82) is 0 Å². The average molecular weight is 418 g/mol. The molecule has 1 aromatic rings. The number of likely N-dealkylation sites (tertiary alicyclic amines) is 1. The first-order chi connectivity index (χ1) is 14.3. The lowest BCUT2D eigenvalue weighted by atomic mass is 10.0. The van der Waals surface area contributed by atoms with Crippen molar-refractivity contribution >= 4 is 23.8 Å². The van der Waals surface area contributed by atoms with E-state index in [0.717, 1.165) is 12.0 Å². The maximum atomic E-state index is 12.6. The van der Waals surface area contributed by atoms with E-state index in [1.54, 1.807) is 13.8 Å². The molecule has 0 spiro atoms. The fourth-order valence-corrected chi connectivity index (χ4v) is 3.31. The molecule has 1 unspecified atom stereocenters.